The van der Waals surface area contributed by atoms with E-state index in [1.807, 2.05) is 0 Å². The van der Waals surface area contributed by atoms with Crippen LogP contribution in [0.15, 0.2) is 24.4 Å². The Bertz CT molecular complexity index is 619. The van der Waals surface area contributed by atoms with Crippen molar-refractivity contribution >= 4 is 17.6 Å². The van der Waals surface area contributed by atoms with Crippen molar-refractivity contribution in [3.63, 3.8) is 0 Å². The zero-order valence-electron chi connectivity index (χ0n) is 9.15. The summed E-state index contributed by atoms with van der Waals surface area (Å²) < 4.78 is 1.37. The molecule has 2 aromatic rings. The number of nitrogens with zero attached hydrogens (tertiary/aromatic N) is 2. The zero-order valence-corrected chi connectivity index (χ0v) is 9.15. The molecule has 0 radical (unpaired) electrons. The van der Waals surface area contributed by atoms with Crippen molar-refractivity contribution in [3.05, 3.63) is 30.1 Å². The number of carbonyl (C=O) groups is 2. The van der Waals surface area contributed by atoms with Gasteiger partial charge in [-0.05, 0) is 12.1 Å². The van der Waals surface area contributed by atoms with Gasteiger partial charge in [-0.3, -0.25) is 14.0 Å². The summed E-state index contributed by atoms with van der Waals surface area (Å²) in [5.74, 6) is -4.39. The lowest BCUT2D eigenvalue weighted by Crippen LogP contribution is -2.17. The number of rotatable bonds is 4. The van der Waals surface area contributed by atoms with Gasteiger partial charge in [0, 0.05) is 6.20 Å². The van der Waals surface area contributed by atoms with Gasteiger partial charge in [0.05, 0.1) is 6.42 Å². The van der Waals surface area contributed by atoms with E-state index in [-0.39, 0.29) is 5.69 Å². The Balaban J connectivity index is 2.59. The van der Waals surface area contributed by atoms with Gasteiger partial charge in [0.25, 0.3) is 0 Å². The lowest BCUT2D eigenvalue weighted by molar-refractivity contribution is -0.145. The molecule has 2 rings (SSSR count). The van der Waals surface area contributed by atoms with Crippen LogP contribution in [0.25, 0.3) is 5.65 Å². The van der Waals surface area contributed by atoms with Crippen LogP contribution in [0.2, 0.25) is 0 Å². The maximum absolute atomic E-state index is 11.1. The van der Waals surface area contributed by atoms with E-state index in [0.29, 0.717) is 5.65 Å². The molecule has 0 saturated carbocycles. The van der Waals surface area contributed by atoms with E-state index in [1.165, 1.54) is 10.6 Å². The molecule has 0 aromatic carbocycles. The number of carboxylic acids is 2. The molecule has 3 N–H and O–H groups in total. The van der Waals surface area contributed by atoms with Gasteiger partial charge in [-0.25, -0.2) is 0 Å². The molecule has 0 saturated heterocycles. The van der Waals surface area contributed by atoms with Crippen molar-refractivity contribution < 1.29 is 24.9 Å². The Morgan fingerprint density at radius 3 is 2.67 bits per heavy atom. The standard InChI is InChI=1S/C11H10N2O5/c14-8(15)5-6(11(17)18)9-10(16)12-7-3-1-2-4-13(7)9/h1-4,6,16H,5H2,(H,14,15)(H,17,18). The highest BCUT2D eigenvalue weighted by Gasteiger charge is 2.29. The number of hydrogen-bond acceptors (Lipinski definition) is 4. The fourth-order valence-corrected chi connectivity index (χ4v) is 1.80. The highest BCUT2D eigenvalue weighted by molar-refractivity contribution is 5.83. The number of aromatic hydroxyl groups is 1. The average molecular weight is 250 g/mol. The number of imidazole rings is 1. The summed E-state index contributed by atoms with van der Waals surface area (Å²) in [6.07, 6.45) is 0.904. The molecule has 0 aliphatic heterocycles. The summed E-state index contributed by atoms with van der Waals surface area (Å²) in [5, 5.41) is 27.5. The van der Waals surface area contributed by atoms with Crippen molar-refractivity contribution in [2.24, 2.45) is 0 Å². The van der Waals surface area contributed by atoms with Crippen molar-refractivity contribution in [3.8, 4) is 5.88 Å². The molecular weight excluding hydrogens is 240 g/mol. The maximum Gasteiger partial charge on any atom is 0.313 e. The van der Waals surface area contributed by atoms with Gasteiger partial charge in [0.15, 0.2) is 0 Å². The highest BCUT2D eigenvalue weighted by Crippen LogP contribution is 2.29. The predicted octanol–water partition coefficient (Wildman–Crippen LogP) is 0.683. The Kier molecular flexibility index (Phi) is 2.88. The van der Waals surface area contributed by atoms with Gasteiger partial charge in [-0.15, -0.1) is 0 Å². The number of pyridine rings is 1. The van der Waals surface area contributed by atoms with E-state index in [0.717, 1.165) is 0 Å². The molecule has 0 spiro atoms. The Morgan fingerprint density at radius 2 is 2.06 bits per heavy atom. The normalized spacial score (nSPS) is 12.4. The van der Waals surface area contributed by atoms with Crippen LogP contribution in [-0.2, 0) is 9.59 Å². The summed E-state index contributed by atoms with van der Waals surface area (Å²) in [6.45, 7) is 0. The zero-order chi connectivity index (χ0) is 13.3. The average Bonchev–Trinajstić information content (AvgIpc) is 2.61. The molecule has 0 aliphatic rings. The molecule has 94 valence electrons. The summed E-state index contributed by atoms with van der Waals surface area (Å²) in [4.78, 5) is 25.6. The van der Waals surface area contributed by atoms with E-state index in [2.05, 4.69) is 4.98 Å². The van der Waals surface area contributed by atoms with Crippen LogP contribution in [0, 0.1) is 0 Å². The van der Waals surface area contributed by atoms with Gasteiger partial charge in [0.1, 0.15) is 17.3 Å². The summed E-state index contributed by atoms with van der Waals surface area (Å²) in [6, 6.07) is 4.90. The lowest BCUT2D eigenvalue weighted by Gasteiger charge is -2.09. The summed E-state index contributed by atoms with van der Waals surface area (Å²) in [7, 11) is 0. The Morgan fingerprint density at radius 1 is 1.33 bits per heavy atom. The number of fused-ring (bicyclic) bond motifs is 1. The maximum atomic E-state index is 11.1. The van der Waals surface area contributed by atoms with Crippen LogP contribution in [0.3, 0.4) is 0 Å². The van der Waals surface area contributed by atoms with Crippen molar-refractivity contribution in [1.29, 1.82) is 0 Å². The van der Waals surface area contributed by atoms with E-state index < -0.39 is 30.2 Å². The predicted molar refractivity (Wildman–Crippen MR) is 59.5 cm³/mol. The van der Waals surface area contributed by atoms with Crippen LogP contribution in [0.5, 0.6) is 5.88 Å². The number of aromatic nitrogens is 2. The third-order valence-electron chi connectivity index (χ3n) is 2.55. The van der Waals surface area contributed by atoms with Gasteiger partial charge in [-0.1, -0.05) is 6.07 Å². The minimum atomic E-state index is -1.35. The number of aliphatic carboxylic acids is 2. The smallest absolute Gasteiger partial charge is 0.313 e. The molecular formula is C11H10N2O5. The summed E-state index contributed by atoms with van der Waals surface area (Å²) in [5.41, 5.74) is 0.335. The molecule has 0 aliphatic carbocycles. The molecule has 0 fully saturated rings. The largest absolute Gasteiger partial charge is 0.492 e. The van der Waals surface area contributed by atoms with E-state index in [1.54, 1.807) is 18.2 Å². The second-order valence-corrected chi connectivity index (χ2v) is 3.74. The monoisotopic (exact) mass is 250 g/mol. The quantitative estimate of drug-likeness (QED) is 0.735. The van der Waals surface area contributed by atoms with E-state index in [9.17, 15) is 14.7 Å². The fraction of sp³-hybridized carbons (Fsp3) is 0.182. The van der Waals surface area contributed by atoms with Crippen LogP contribution in [-0.4, -0.2) is 36.6 Å². The molecule has 7 heteroatoms. The Hall–Kier alpha value is -2.57. The molecule has 0 amide bonds. The molecule has 2 heterocycles. The van der Waals surface area contributed by atoms with Crippen molar-refractivity contribution in [1.82, 2.24) is 9.38 Å². The molecule has 1 atom stereocenters. The topological polar surface area (TPSA) is 112 Å². The van der Waals surface area contributed by atoms with Crippen LogP contribution in [0.1, 0.15) is 18.0 Å². The number of carboxylic acid groups (broad SMARTS) is 2. The molecule has 2 aromatic heterocycles. The SMILES string of the molecule is O=C(O)CC(C(=O)O)c1c(O)nc2ccccn12. The third kappa shape index (κ3) is 1.97. The first-order valence-corrected chi connectivity index (χ1v) is 5.11. The minimum absolute atomic E-state index is 0.0273. The van der Waals surface area contributed by atoms with Crippen molar-refractivity contribution in [2.75, 3.05) is 0 Å². The minimum Gasteiger partial charge on any atom is -0.492 e. The molecule has 1 unspecified atom stereocenters. The Labute approximate surface area is 101 Å². The fourth-order valence-electron chi connectivity index (χ4n) is 1.80. The van der Waals surface area contributed by atoms with Gasteiger partial charge in [0.2, 0.25) is 5.88 Å². The molecule has 0 bridgehead atoms. The first-order chi connectivity index (χ1) is 8.50. The van der Waals surface area contributed by atoms with Crippen LogP contribution in [0.4, 0.5) is 0 Å². The van der Waals surface area contributed by atoms with E-state index in [4.69, 9.17) is 10.2 Å². The first-order valence-electron chi connectivity index (χ1n) is 5.11. The third-order valence-corrected chi connectivity index (χ3v) is 2.55. The van der Waals surface area contributed by atoms with Gasteiger partial charge < -0.3 is 15.3 Å². The number of hydrogen-bond donors (Lipinski definition) is 3. The van der Waals surface area contributed by atoms with E-state index >= 15 is 0 Å². The second kappa shape index (κ2) is 4.36. The van der Waals surface area contributed by atoms with Gasteiger partial charge >= 0.3 is 11.9 Å². The molecule has 18 heavy (non-hydrogen) atoms. The van der Waals surface area contributed by atoms with Gasteiger partial charge in [-0.2, -0.15) is 4.98 Å². The summed E-state index contributed by atoms with van der Waals surface area (Å²) >= 11 is 0. The lowest BCUT2D eigenvalue weighted by atomic mass is 10.0. The van der Waals surface area contributed by atoms with Crippen LogP contribution >= 0.6 is 0 Å². The highest BCUT2D eigenvalue weighted by atomic mass is 16.4. The van der Waals surface area contributed by atoms with Crippen molar-refractivity contribution in [2.45, 2.75) is 12.3 Å². The second-order valence-electron chi connectivity index (χ2n) is 3.74. The first kappa shape index (κ1) is 11.9. The van der Waals surface area contributed by atoms with Crippen LogP contribution < -0.4 is 0 Å². The molecule has 7 nitrogen and oxygen atoms in total.